The van der Waals surface area contributed by atoms with Crippen LogP contribution in [-0.4, -0.2) is 32.1 Å². The Labute approximate surface area is 103 Å². The topological polar surface area (TPSA) is 81.4 Å². The van der Waals surface area contributed by atoms with Crippen molar-refractivity contribution in [3.63, 3.8) is 0 Å². The Morgan fingerprint density at radius 1 is 1.06 bits per heavy atom. The Morgan fingerprint density at radius 2 is 1.76 bits per heavy atom. The molecule has 1 amide bonds. The molecule has 3 N–H and O–H groups in total. The molecule has 5 heteroatoms. The first kappa shape index (κ1) is 15.9. The maximum Gasteiger partial charge on any atom is 0.305 e. The number of carbonyl (C=O) groups excluding carboxylic acids is 2. The van der Waals surface area contributed by atoms with E-state index in [0.717, 1.165) is 32.2 Å². The fraction of sp³-hybridized carbons (Fsp3) is 0.833. The molecule has 0 unspecified atom stereocenters. The summed E-state index contributed by atoms with van der Waals surface area (Å²) in [5.41, 5.74) is 5.37. The van der Waals surface area contributed by atoms with Gasteiger partial charge < -0.3 is 15.8 Å². The number of ether oxygens (including phenoxy) is 1. The molecule has 0 aromatic heterocycles. The van der Waals surface area contributed by atoms with Crippen LogP contribution < -0.4 is 11.1 Å². The summed E-state index contributed by atoms with van der Waals surface area (Å²) in [7, 11) is 1.36. The predicted octanol–water partition coefficient (Wildman–Crippen LogP) is 0.965. The number of amides is 1. The Balaban J connectivity index is 3.26. The van der Waals surface area contributed by atoms with Crippen molar-refractivity contribution in [2.45, 2.75) is 44.9 Å². The van der Waals surface area contributed by atoms with Crippen LogP contribution in [0.4, 0.5) is 0 Å². The minimum atomic E-state index is -0.235. The van der Waals surface area contributed by atoms with Crippen LogP contribution in [0.3, 0.4) is 0 Å². The maximum absolute atomic E-state index is 11.3. The highest BCUT2D eigenvalue weighted by Gasteiger charge is 2.02. The SMILES string of the molecule is COC(=O)CCCNC(=O)CCCCCCN. The molecule has 0 rings (SSSR count). The van der Waals surface area contributed by atoms with Crippen molar-refractivity contribution in [3.8, 4) is 0 Å². The number of carbonyl (C=O) groups is 2. The Morgan fingerprint density at radius 3 is 2.41 bits per heavy atom. The van der Waals surface area contributed by atoms with Crippen LogP contribution >= 0.6 is 0 Å². The van der Waals surface area contributed by atoms with Crippen molar-refractivity contribution in [2.24, 2.45) is 5.73 Å². The van der Waals surface area contributed by atoms with Gasteiger partial charge in [0, 0.05) is 19.4 Å². The normalized spacial score (nSPS) is 10.0. The number of methoxy groups -OCH3 is 1. The smallest absolute Gasteiger partial charge is 0.305 e. The van der Waals surface area contributed by atoms with E-state index < -0.39 is 0 Å². The van der Waals surface area contributed by atoms with Gasteiger partial charge >= 0.3 is 5.97 Å². The van der Waals surface area contributed by atoms with Gasteiger partial charge in [-0.3, -0.25) is 9.59 Å². The van der Waals surface area contributed by atoms with Gasteiger partial charge in [0.15, 0.2) is 0 Å². The lowest BCUT2D eigenvalue weighted by Crippen LogP contribution is -2.24. The van der Waals surface area contributed by atoms with E-state index in [1.165, 1.54) is 7.11 Å². The molecule has 0 fully saturated rings. The molecule has 0 bridgehead atoms. The van der Waals surface area contributed by atoms with Crippen LogP contribution in [0.1, 0.15) is 44.9 Å². The minimum absolute atomic E-state index is 0.0580. The second-order valence-electron chi connectivity index (χ2n) is 3.98. The molecule has 0 aromatic carbocycles. The molecule has 0 spiro atoms. The minimum Gasteiger partial charge on any atom is -0.469 e. The van der Waals surface area contributed by atoms with E-state index >= 15 is 0 Å². The summed E-state index contributed by atoms with van der Waals surface area (Å²) in [5, 5.41) is 2.78. The van der Waals surface area contributed by atoms with Crippen molar-refractivity contribution in [1.29, 1.82) is 0 Å². The highest BCUT2D eigenvalue weighted by atomic mass is 16.5. The summed E-state index contributed by atoms with van der Waals surface area (Å²) in [6, 6.07) is 0. The van der Waals surface area contributed by atoms with E-state index in [0.29, 0.717) is 25.8 Å². The predicted molar refractivity (Wildman–Crippen MR) is 66.4 cm³/mol. The monoisotopic (exact) mass is 244 g/mol. The van der Waals surface area contributed by atoms with Gasteiger partial charge in [-0.15, -0.1) is 0 Å². The van der Waals surface area contributed by atoms with Gasteiger partial charge in [-0.05, 0) is 25.8 Å². The Kier molecular flexibility index (Phi) is 10.7. The van der Waals surface area contributed by atoms with E-state index in [2.05, 4.69) is 10.1 Å². The molecular weight excluding hydrogens is 220 g/mol. The number of nitrogens with two attached hydrogens (primary N) is 1. The first-order valence-electron chi connectivity index (χ1n) is 6.24. The van der Waals surface area contributed by atoms with Crippen LogP contribution in [0.25, 0.3) is 0 Å². The van der Waals surface area contributed by atoms with Crippen LogP contribution in [0.5, 0.6) is 0 Å². The van der Waals surface area contributed by atoms with Crippen molar-refractivity contribution in [2.75, 3.05) is 20.2 Å². The average Bonchev–Trinajstić information content (AvgIpc) is 2.34. The summed E-state index contributed by atoms with van der Waals surface area (Å²) < 4.78 is 4.50. The molecule has 0 atom stereocenters. The first-order chi connectivity index (χ1) is 8.20. The lowest BCUT2D eigenvalue weighted by atomic mass is 10.1. The second-order valence-corrected chi connectivity index (χ2v) is 3.98. The summed E-state index contributed by atoms with van der Waals surface area (Å²) in [6.07, 6.45) is 5.62. The molecule has 0 heterocycles. The molecule has 100 valence electrons. The zero-order chi connectivity index (χ0) is 12.9. The van der Waals surface area contributed by atoms with Gasteiger partial charge in [-0.25, -0.2) is 0 Å². The highest BCUT2D eigenvalue weighted by molar-refractivity contribution is 5.75. The van der Waals surface area contributed by atoms with Gasteiger partial charge in [-0.2, -0.15) is 0 Å². The number of hydrogen-bond acceptors (Lipinski definition) is 4. The largest absolute Gasteiger partial charge is 0.469 e. The average molecular weight is 244 g/mol. The van der Waals surface area contributed by atoms with E-state index in [9.17, 15) is 9.59 Å². The molecule has 0 saturated carbocycles. The van der Waals surface area contributed by atoms with Gasteiger partial charge in [0.2, 0.25) is 5.91 Å². The maximum atomic E-state index is 11.3. The third kappa shape index (κ3) is 11.2. The van der Waals surface area contributed by atoms with Crippen LogP contribution in [-0.2, 0) is 14.3 Å². The Bertz CT molecular complexity index is 220. The molecular formula is C12H24N2O3. The number of hydrogen-bond donors (Lipinski definition) is 2. The van der Waals surface area contributed by atoms with Gasteiger partial charge in [0.25, 0.3) is 0 Å². The summed E-state index contributed by atoms with van der Waals surface area (Å²) >= 11 is 0. The third-order valence-corrected chi connectivity index (χ3v) is 2.47. The standard InChI is InChI=1S/C12H24N2O3/c1-17-12(16)8-6-10-14-11(15)7-4-2-3-5-9-13/h2-10,13H2,1H3,(H,14,15). The van der Waals surface area contributed by atoms with Gasteiger partial charge in [0.1, 0.15) is 0 Å². The zero-order valence-electron chi connectivity index (χ0n) is 10.7. The molecule has 0 saturated heterocycles. The second kappa shape index (κ2) is 11.4. The lowest BCUT2D eigenvalue weighted by molar-refractivity contribution is -0.140. The number of rotatable bonds is 10. The van der Waals surface area contributed by atoms with E-state index in [-0.39, 0.29) is 11.9 Å². The van der Waals surface area contributed by atoms with Crippen LogP contribution in [0, 0.1) is 0 Å². The third-order valence-electron chi connectivity index (χ3n) is 2.47. The number of esters is 1. The fourth-order valence-corrected chi connectivity index (χ4v) is 1.43. The van der Waals surface area contributed by atoms with Crippen LogP contribution in [0.2, 0.25) is 0 Å². The van der Waals surface area contributed by atoms with Gasteiger partial charge in [0.05, 0.1) is 7.11 Å². The van der Waals surface area contributed by atoms with Crippen molar-refractivity contribution >= 4 is 11.9 Å². The first-order valence-corrected chi connectivity index (χ1v) is 6.24. The quantitative estimate of drug-likeness (QED) is 0.443. The van der Waals surface area contributed by atoms with E-state index in [4.69, 9.17) is 5.73 Å². The van der Waals surface area contributed by atoms with Crippen molar-refractivity contribution < 1.29 is 14.3 Å². The number of unbranched alkanes of at least 4 members (excludes halogenated alkanes) is 3. The van der Waals surface area contributed by atoms with E-state index in [1.54, 1.807) is 0 Å². The molecule has 5 nitrogen and oxygen atoms in total. The molecule has 0 aromatic rings. The van der Waals surface area contributed by atoms with Gasteiger partial charge in [-0.1, -0.05) is 12.8 Å². The van der Waals surface area contributed by atoms with Crippen molar-refractivity contribution in [1.82, 2.24) is 5.32 Å². The van der Waals surface area contributed by atoms with E-state index in [1.807, 2.05) is 0 Å². The molecule has 0 radical (unpaired) electrons. The number of nitrogens with one attached hydrogen (secondary N) is 1. The van der Waals surface area contributed by atoms with Crippen molar-refractivity contribution in [3.05, 3.63) is 0 Å². The molecule has 17 heavy (non-hydrogen) atoms. The molecule has 0 aliphatic carbocycles. The molecule has 0 aliphatic rings. The Hall–Kier alpha value is -1.10. The summed E-state index contributed by atoms with van der Waals surface area (Å²) in [6.45, 7) is 1.26. The van der Waals surface area contributed by atoms with Crippen LogP contribution in [0.15, 0.2) is 0 Å². The molecule has 0 aliphatic heterocycles. The fourth-order valence-electron chi connectivity index (χ4n) is 1.43. The summed E-state index contributed by atoms with van der Waals surface area (Å²) in [5.74, 6) is -0.177. The lowest BCUT2D eigenvalue weighted by Gasteiger charge is -2.04. The zero-order valence-corrected chi connectivity index (χ0v) is 10.7. The summed E-state index contributed by atoms with van der Waals surface area (Å²) in [4.78, 5) is 22.1. The highest BCUT2D eigenvalue weighted by Crippen LogP contribution is 2.02.